The van der Waals surface area contributed by atoms with Crippen molar-refractivity contribution in [1.82, 2.24) is 9.78 Å². The van der Waals surface area contributed by atoms with E-state index in [2.05, 4.69) is 41.7 Å². The van der Waals surface area contributed by atoms with Crippen LogP contribution >= 0.6 is 11.8 Å². The minimum absolute atomic E-state index is 0.851. The van der Waals surface area contributed by atoms with Crippen LogP contribution in [0.25, 0.3) is 16.9 Å². The Morgan fingerprint density at radius 1 is 1.04 bits per heavy atom. The van der Waals surface area contributed by atoms with Crippen LogP contribution in [-0.2, 0) is 6.42 Å². The van der Waals surface area contributed by atoms with Crippen molar-refractivity contribution >= 4 is 11.8 Å². The van der Waals surface area contributed by atoms with Crippen molar-refractivity contribution < 1.29 is 4.74 Å². The molecule has 0 amide bonds. The lowest BCUT2D eigenvalue weighted by Crippen LogP contribution is -1.99. The zero-order chi connectivity index (χ0) is 17.6. The van der Waals surface area contributed by atoms with Crippen molar-refractivity contribution in [2.45, 2.75) is 19.8 Å². The Labute approximate surface area is 154 Å². The molecule has 1 aromatic heterocycles. The highest BCUT2D eigenvalue weighted by Crippen LogP contribution is 2.25. The number of aromatic nitrogens is 2. The maximum Gasteiger partial charge on any atom is 0.119 e. The van der Waals surface area contributed by atoms with Gasteiger partial charge in [0.15, 0.2) is 0 Å². The Morgan fingerprint density at radius 3 is 2.40 bits per heavy atom. The molecule has 0 aliphatic carbocycles. The number of nitrogens with zero attached hydrogens (tertiary/aromatic N) is 2. The fourth-order valence-electron chi connectivity index (χ4n) is 2.89. The summed E-state index contributed by atoms with van der Waals surface area (Å²) in [6.07, 6.45) is 4.52. The lowest BCUT2D eigenvalue weighted by molar-refractivity contribution is 0.414. The van der Waals surface area contributed by atoms with Crippen molar-refractivity contribution in [3.8, 4) is 22.7 Å². The summed E-state index contributed by atoms with van der Waals surface area (Å²) in [5.74, 6) is 2.06. The van der Waals surface area contributed by atoms with Crippen LogP contribution in [0.5, 0.6) is 5.75 Å². The largest absolute Gasteiger partial charge is 0.497 e. The van der Waals surface area contributed by atoms with Gasteiger partial charge in [0, 0.05) is 5.56 Å². The summed E-state index contributed by atoms with van der Waals surface area (Å²) in [4.78, 5) is 0. The van der Waals surface area contributed by atoms with Crippen LogP contribution in [0.15, 0.2) is 54.6 Å². The molecule has 0 aliphatic heterocycles. The minimum Gasteiger partial charge on any atom is -0.497 e. The van der Waals surface area contributed by atoms with Gasteiger partial charge in [-0.05, 0) is 67.7 Å². The summed E-state index contributed by atoms with van der Waals surface area (Å²) in [6, 6.07) is 19.0. The fourth-order valence-corrected chi connectivity index (χ4v) is 3.32. The number of benzene rings is 2. The van der Waals surface area contributed by atoms with Crippen molar-refractivity contribution in [2.75, 3.05) is 19.1 Å². The number of ether oxygens (including phenoxy) is 1. The monoisotopic (exact) mass is 352 g/mol. The molecule has 3 aromatic rings. The molecule has 0 bridgehead atoms. The molecule has 0 unspecified atom stereocenters. The van der Waals surface area contributed by atoms with Gasteiger partial charge in [0.2, 0.25) is 0 Å². The smallest absolute Gasteiger partial charge is 0.119 e. The first-order chi connectivity index (χ1) is 12.2. The van der Waals surface area contributed by atoms with Gasteiger partial charge in [-0.15, -0.1) is 0 Å². The van der Waals surface area contributed by atoms with Gasteiger partial charge in [-0.25, -0.2) is 4.68 Å². The summed E-state index contributed by atoms with van der Waals surface area (Å²) >= 11 is 1.91. The minimum atomic E-state index is 0.851. The van der Waals surface area contributed by atoms with Crippen molar-refractivity contribution in [1.29, 1.82) is 0 Å². The molecule has 0 N–H and O–H groups in total. The van der Waals surface area contributed by atoms with E-state index in [4.69, 9.17) is 4.74 Å². The average Bonchev–Trinajstić information content (AvgIpc) is 3.04. The van der Waals surface area contributed by atoms with Crippen molar-refractivity contribution in [2.24, 2.45) is 0 Å². The standard InChI is InChI=1S/C21H24N2OS/c1-16-15-21(18-8-6-17(7-9-18)5-4-14-25-3)23(22-16)19-10-12-20(24-2)13-11-19/h6-13,15H,4-5,14H2,1-3H3. The van der Waals surface area contributed by atoms with E-state index >= 15 is 0 Å². The van der Waals surface area contributed by atoms with Crippen molar-refractivity contribution in [3.63, 3.8) is 0 Å². The second kappa shape index (κ2) is 8.26. The molecule has 0 spiro atoms. The molecular weight excluding hydrogens is 328 g/mol. The molecule has 3 nitrogen and oxygen atoms in total. The van der Waals surface area contributed by atoms with Crippen LogP contribution < -0.4 is 4.74 Å². The molecule has 4 heteroatoms. The predicted molar refractivity (Wildman–Crippen MR) is 107 cm³/mol. The number of rotatable bonds is 7. The Hall–Kier alpha value is -2.20. The van der Waals surface area contributed by atoms with Crippen LogP contribution in [0, 0.1) is 6.92 Å². The molecule has 0 saturated heterocycles. The first kappa shape index (κ1) is 17.6. The predicted octanol–water partition coefficient (Wildman–Crippen LogP) is 5.15. The Morgan fingerprint density at radius 2 is 1.76 bits per heavy atom. The first-order valence-electron chi connectivity index (χ1n) is 8.50. The third kappa shape index (κ3) is 4.26. The first-order valence-corrected chi connectivity index (χ1v) is 9.90. The number of thioether (sulfide) groups is 1. The van der Waals surface area contributed by atoms with Gasteiger partial charge in [0.1, 0.15) is 5.75 Å². The lowest BCUT2D eigenvalue weighted by Gasteiger charge is -2.09. The average molecular weight is 353 g/mol. The third-order valence-corrected chi connectivity index (χ3v) is 4.91. The Bertz CT molecular complexity index is 807. The van der Waals surface area contributed by atoms with E-state index in [0.717, 1.165) is 29.2 Å². The SMILES string of the molecule is COc1ccc(-n2nc(C)cc2-c2ccc(CCCSC)cc2)cc1. The van der Waals surface area contributed by atoms with Gasteiger partial charge in [-0.1, -0.05) is 24.3 Å². The van der Waals surface area contributed by atoms with E-state index in [-0.39, 0.29) is 0 Å². The van der Waals surface area contributed by atoms with Gasteiger partial charge in [0.25, 0.3) is 0 Å². The van der Waals surface area contributed by atoms with Gasteiger partial charge >= 0.3 is 0 Å². The maximum atomic E-state index is 5.25. The fraction of sp³-hybridized carbons (Fsp3) is 0.286. The molecule has 130 valence electrons. The Balaban J connectivity index is 1.87. The van der Waals surface area contributed by atoms with E-state index in [1.165, 1.54) is 23.3 Å². The van der Waals surface area contributed by atoms with E-state index in [9.17, 15) is 0 Å². The van der Waals surface area contributed by atoms with E-state index < -0.39 is 0 Å². The molecular formula is C21H24N2OS. The van der Waals surface area contributed by atoms with Crippen LogP contribution in [0.1, 0.15) is 17.7 Å². The van der Waals surface area contributed by atoms with Crippen LogP contribution in [-0.4, -0.2) is 28.9 Å². The lowest BCUT2D eigenvalue weighted by atomic mass is 10.1. The number of methoxy groups -OCH3 is 1. The number of aryl methyl sites for hydroxylation is 2. The van der Waals surface area contributed by atoms with Crippen molar-refractivity contribution in [3.05, 3.63) is 65.9 Å². The highest BCUT2D eigenvalue weighted by molar-refractivity contribution is 7.98. The second-order valence-corrected chi connectivity index (χ2v) is 7.06. The van der Waals surface area contributed by atoms with Gasteiger partial charge in [0.05, 0.1) is 24.2 Å². The van der Waals surface area contributed by atoms with E-state index in [1.807, 2.05) is 47.6 Å². The third-order valence-electron chi connectivity index (χ3n) is 4.21. The van der Waals surface area contributed by atoms with Crippen LogP contribution in [0.2, 0.25) is 0 Å². The molecule has 0 aliphatic rings. The maximum absolute atomic E-state index is 5.25. The summed E-state index contributed by atoms with van der Waals surface area (Å²) < 4.78 is 7.24. The van der Waals surface area contributed by atoms with Gasteiger partial charge in [-0.3, -0.25) is 0 Å². The Kier molecular flexibility index (Phi) is 5.82. The molecule has 3 rings (SSSR count). The molecule has 0 radical (unpaired) electrons. The van der Waals surface area contributed by atoms with Gasteiger partial charge in [-0.2, -0.15) is 16.9 Å². The van der Waals surface area contributed by atoms with Gasteiger partial charge < -0.3 is 4.74 Å². The van der Waals surface area contributed by atoms with E-state index in [0.29, 0.717) is 0 Å². The summed E-state index contributed by atoms with van der Waals surface area (Å²) in [6.45, 7) is 2.03. The molecule has 1 heterocycles. The summed E-state index contributed by atoms with van der Waals surface area (Å²) in [7, 11) is 1.68. The molecule has 0 saturated carbocycles. The second-order valence-electron chi connectivity index (χ2n) is 6.07. The highest BCUT2D eigenvalue weighted by Gasteiger charge is 2.10. The summed E-state index contributed by atoms with van der Waals surface area (Å²) in [5.41, 5.74) is 5.73. The summed E-state index contributed by atoms with van der Waals surface area (Å²) in [5, 5.41) is 4.67. The van der Waals surface area contributed by atoms with Crippen LogP contribution in [0.4, 0.5) is 0 Å². The molecule has 2 aromatic carbocycles. The topological polar surface area (TPSA) is 27.1 Å². The zero-order valence-corrected chi connectivity index (χ0v) is 15.8. The number of hydrogen-bond acceptors (Lipinski definition) is 3. The zero-order valence-electron chi connectivity index (χ0n) is 15.0. The highest BCUT2D eigenvalue weighted by atomic mass is 32.2. The molecule has 0 fully saturated rings. The quantitative estimate of drug-likeness (QED) is 0.550. The number of hydrogen-bond donors (Lipinski definition) is 0. The molecule has 25 heavy (non-hydrogen) atoms. The van der Waals surface area contributed by atoms with Crippen LogP contribution in [0.3, 0.4) is 0 Å². The van der Waals surface area contributed by atoms with E-state index in [1.54, 1.807) is 7.11 Å². The molecule has 0 atom stereocenters. The normalized spacial score (nSPS) is 10.8.